The third kappa shape index (κ3) is 4.93. The molecular weight excluding hydrogens is 582 g/mol. The molecule has 1 unspecified atom stereocenters. The lowest BCUT2D eigenvalue weighted by molar-refractivity contribution is -0.138. The van der Waals surface area contributed by atoms with Crippen LogP contribution in [0.5, 0.6) is 5.75 Å². The topological polar surface area (TPSA) is 63.8 Å². The Kier molecular flexibility index (Phi) is 7.84. The molecule has 5 rings (SSSR count). The molecule has 0 amide bonds. The summed E-state index contributed by atoms with van der Waals surface area (Å²) in [5, 5.41) is 13.4. The zero-order chi connectivity index (χ0) is 30.3. The van der Waals surface area contributed by atoms with Crippen molar-refractivity contribution in [3.05, 3.63) is 116 Å². The van der Waals surface area contributed by atoms with Crippen molar-refractivity contribution in [2.75, 3.05) is 12.9 Å². The smallest absolute Gasteiger partial charge is 0.416 e. The molecule has 1 aromatic heterocycles. The Morgan fingerprint density at radius 3 is 2.38 bits per heavy atom. The van der Waals surface area contributed by atoms with Gasteiger partial charge in [-0.1, -0.05) is 35.5 Å². The number of methoxy groups -OCH3 is 1. The highest BCUT2D eigenvalue weighted by molar-refractivity contribution is 7.99. The number of benzene rings is 3. The number of hydrogen-bond donors (Lipinski definition) is 1. The van der Waals surface area contributed by atoms with Crippen molar-refractivity contribution in [3.63, 3.8) is 0 Å². The first-order valence-corrected chi connectivity index (χ1v) is 13.5. The van der Waals surface area contributed by atoms with E-state index in [2.05, 4.69) is 5.16 Å². The summed E-state index contributed by atoms with van der Waals surface area (Å²) in [5.74, 6) is -2.87. The van der Waals surface area contributed by atoms with Crippen molar-refractivity contribution >= 4 is 17.5 Å². The highest BCUT2D eigenvalue weighted by Gasteiger charge is 2.38. The zero-order valence-corrected chi connectivity index (χ0v) is 22.9. The van der Waals surface area contributed by atoms with Crippen molar-refractivity contribution in [3.8, 4) is 16.9 Å². The van der Waals surface area contributed by atoms with E-state index in [1.54, 1.807) is 0 Å². The summed E-state index contributed by atoms with van der Waals surface area (Å²) in [6.07, 6.45) is -5.47. The number of fused-ring (bicyclic) bond motifs is 1. The third-order valence-electron chi connectivity index (χ3n) is 7.23. The lowest BCUT2D eigenvalue weighted by Crippen LogP contribution is -2.32. The van der Waals surface area contributed by atoms with Crippen LogP contribution in [0.3, 0.4) is 0 Å². The molecule has 5 nitrogen and oxygen atoms in total. The molecule has 0 bridgehead atoms. The highest BCUT2D eigenvalue weighted by Crippen LogP contribution is 2.43. The van der Waals surface area contributed by atoms with Crippen LogP contribution in [0.2, 0.25) is 0 Å². The lowest BCUT2D eigenvalue weighted by Gasteiger charge is -2.22. The SMILES string of the molecule is COc1cccc(-c2c(C)c(Cc3c(F)cccc3C(F)(F)F)c3n(c2=O)C(C(=NO)c2ccccc2F)CS3)c1F. The normalized spacial score (nSPS) is 15.1. The first-order chi connectivity index (χ1) is 20.0. The number of nitrogens with zero attached hydrogens (tertiary/aromatic N) is 2. The van der Waals surface area contributed by atoms with E-state index in [0.29, 0.717) is 0 Å². The van der Waals surface area contributed by atoms with Crippen LogP contribution in [0.1, 0.15) is 33.9 Å². The number of oxime groups is 1. The molecule has 0 aliphatic carbocycles. The van der Waals surface area contributed by atoms with E-state index >= 15 is 4.39 Å². The van der Waals surface area contributed by atoms with Gasteiger partial charge in [0.05, 0.1) is 29.3 Å². The largest absolute Gasteiger partial charge is 0.494 e. The quantitative estimate of drug-likeness (QED) is 0.108. The molecular formula is C30H22F6N2O3S. The van der Waals surface area contributed by atoms with Gasteiger partial charge in [0.25, 0.3) is 5.56 Å². The molecule has 12 heteroatoms. The summed E-state index contributed by atoms with van der Waals surface area (Å²) in [6, 6.07) is 11.0. The van der Waals surface area contributed by atoms with E-state index in [9.17, 15) is 32.0 Å². The number of hydrogen-bond acceptors (Lipinski definition) is 5. The van der Waals surface area contributed by atoms with Gasteiger partial charge >= 0.3 is 6.18 Å². The van der Waals surface area contributed by atoms with Gasteiger partial charge in [-0.2, -0.15) is 13.2 Å². The highest BCUT2D eigenvalue weighted by atomic mass is 32.2. The maximum atomic E-state index is 15.6. The molecule has 0 saturated carbocycles. The van der Waals surface area contributed by atoms with Crippen LogP contribution in [0.4, 0.5) is 26.3 Å². The van der Waals surface area contributed by atoms with E-state index < -0.39 is 52.8 Å². The van der Waals surface area contributed by atoms with Crippen LogP contribution in [-0.4, -0.2) is 28.3 Å². The number of pyridine rings is 1. The average Bonchev–Trinajstić information content (AvgIpc) is 3.38. The van der Waals surface area contributed by atoms with E-state index in [1.807, 2.05) is 0 Å². The van der Waals surface area contributed by atoms with Gasteiger partial charge in [-0.05, 0) is 48.4 Å². The molecule has 3 aromatic carbocycles. The number of halogens is 6. The number of rotatable bonds is 6. The second-order valence-corrected chi connectivity index (χ2v) is 10.5. The molecule has 0 radical (unpaired) electrons. The lowest BCUT2D eigenvalue weighted by atomic mass is 9.92. The van der Waals surface area contributed by atoms with Crippen LogP contribution in [0, 0.1) is 24.4 Å². The van der Waals surface area contributed by atoms with Crippen LogP contribution in [0.15, 0.2) is 75.6 Å². The molecule has 1 N–H and O–H groups in total. The van der Waals surface area contributed by atoms with Crippen molar-refractivity contribution in [2.24, 2.45) is 5.16 Å². The number of thioether (sulfide) groups is 1. The fourth-order valence-corrected chi connectivity index (χ4v) is 6.61. The molecule has 1 aliphatic rings. The first-order valence-electron chi connectivity index (χ1n) is 12.5. The predicted molar refractivity (Wildman–Crippen MR) is 146 cm³/mol. The Balaban J connectivity index is 1.82. The Bertz CT molecular complexity index is 1780. The van der Waals surface area contributed by atoms with Crippen LogP contribution in [-0.2, 0) is 12.6 Å². The molecule has 1 atom stereocenters. The number of alkyl halides is 3. The summed E-state index contributed by atoms with van der Waals surface area (Å²) in [5.41, 5.74) is -3.03. The van der Waals surface area contributed by atoms with Gasteiger partial charge in [0, 0.05) is 28.9 Å². The summed E-state index contributed by atoms with van der Waals surface area (Å²) in [7, 11) is 1.23. The monoisotopic (exact) mass is 604 g/mol. The van der Waals surface area contributed by atoms with Gasteiger partial charge in [0.1, 0.15) is 17.3 Å². The van der Waals surface area contributed by atoms with Crippen molar-refractivity contribution in [1.29, 1.82) is 0 Å². The van der Waals surface area contributed by atoms with E-state index in [4.69, 9.17) is 4.74 Å². The standard InChI is InChI=1S/C30H22F6N2O3S/c1-15-18(13-19-20(30(34,35)36)9-6-11-22(19)32)29-38(28(39)25(15)17-8-5-12-24(41-2)26(17)33)23(14-42-29)27(37-40)16-7-3-4-10-21(16)31/h3-12,23,40H,13-14H2,1-2H3. The van der Waals surface area contributed by atoms with Gasteiger partial charge in [-0.15, -0.1) is 11.8 Å². The molecule has 0 saturated heterocycles. The summed E-state index contributed by atoms with van der Waals surface area (Å²) in [4.78, 5) is 14.1. The minimum Gasteiger partial charge on any atom is -0.494 e. The maximum Gasteiger partial charge on any atom is 0.416 e. The summed E-state index contributed by atoms with van der Waals surface area (Å²) in [6.45, 7) is 1.45. The van der Waals surface area contributed by atoms with Gasteiger partial charge in [-0.3, -0.25) is 9.36 Å². The van der Waals surface area contributed by atoms with Crippen molar-refractivity contribution in [1.82, 2.24) is 4.57 Å². The minimum atomic E-state index is -4.88. The fourth-order valence-electron chi connectivity index (χ4n) is 5.24. The maximum absolute atomic E-state index is 15.6. The Hall–Kier alpha value is -4.19. The molecule has 218 valence electrons. The third-order valence-corrected chi connectivity index (χ3v) is 8.43. The Morgan fingerprint density at radius 2 is 1.71 bits per heavy atom. The second kappa shape index (κ2) is 11.2. The molecule has 1 aliphatic heterocycles. The van der Waals surface area contributed by atoms with E-state index in [-0.39, 0.29) is 50.1 Å². The predicted octanol–water partition coefficient (Wildman–Crippen LogP) is 7.38. The van der Waals surface area contributed by atoms with Gasteiger partial charge in [-0.25, -0.2) is 13.2 Å². The van der Waals surface area contributed by atoms with Gasteiger partial charge in [0.2, 0.25) is 0 Å². The minimum absolute atomic E-state index is 0.0306. The van der Waals surface area contributed by atoms with Crippen molar-refractivity contribution < 1.29 is 36.3 Å². The van der Waals surface area contributed by atoms with Crippen molar-refractivity contribution in [2.45, 2.75) is 30.6 Å². The number of ether oxygens (including phenoxy) is 1. The van der Waals surface area contributed by atoms with E-state index in [1.165, 1.54) is 50.4 Å². The Morgan fingerprint density at radius 1 is 1.02 bits per heavy atom. The number of aromatic nitrogens is 1. The Labute approximate surface area is 240 Å². The van der Waals surface area contributed by atoms with E-state index in [0.717, 1.165) is 40.6 Å². The van der Waals surface area contributed by atoms with Gasteiger partial charge in [0.15, 0.2) is 11.6 Å². The molecule has 4 aromatic rings. The summed E-state index contributed by atoms with van der Waals surface area (Å²) < 4.78 is 93.3. The van der Waals surface area contributed by atoms with Crippen LogP contribution >= 0.6 is 11.8 Å². The van der Waals surface area contributed by atoms with Gasteiger partial charge < -0.3 is 9.94 Å². The molecule has 2 heterocycles. The zero-order valence-electron chi connectivity index (χ0n) is 22.1. The first kappa shape index (κ1) is 29.3. The summed E-state index contributed by atoms with van der Waals surface area (Å²) >= 11 is 1.06. The molecule has 0 spiro atoms. The average molecular weight is 605 g/mol. The fraction of sp³-hybridized carbons (Fsp3) is 0.200. The molecule has 42 heavy (non-hydrogen) atoms. The van der Waals surface area contributed by atoms with Crippen LogP contribution in [0.25, 0.3) is 11.1 Å². The van der Waals surface area contributed by atoms with Crippen LogP contribution < -0.4 is 10.3 Å². The molecule has 0 fully saturated rings. The second-order valence-electron chi connectivity index (χ2n) is 9.51.